The second-order valence-electron chi connectivity index (χ2n) is 6.31. The minimum atomic E-state index is -0.994. The van der Waals surface area contributed by atoms with E-state index in [1.54, 1.807) is 0 Å². The van der Waals surface area contributed by atoms with E-state index in [0.717, 1.165) is 11.1 Å². The van der Waals surface area contributed by atoms with Crippen LogP contribution in [0.5, 0.6) is 0 Å². The van der Waals surface area contributed by atoms with E-state index in [4.69, 9.17) is 26.2 Å². The summed E-state index contributed by atoms with van der Waals surface area (Å²) in [6.07, 6.45) is -0.279. The second-order valence-corrected chi connectivity index (χ2v) is 6.53. The number of aliphatic carboxylic acids is 1. The fourth-order valence-electron chi connectivity index (χ4n) is 2.17. The predicted molar refractivity (Wildman–Crippen MR) is 115 cm³/mol. The number of hydrogen-bond donors (Lipinski definition) is 1. The molecule has 0 heterocycles. The maximum atomic E-state index is 11.3. The molecule has 0 aromatic heterocycles. The van der Waals surface area contributed by atoms with Crippen LogP contribution in [0.15, 0.2) is 60.7 Å². The van der Waals surface area contributed by atoms with Crippen LogP contribution < -0.4 is 0 Å². The molecule has 172 valence electrons. The lowest BCUT2D eigenvalue weighted by molar-refractivity contribution is -0.150. The zero-order valence-electron chi connectivity index (χ0n) is 17.4. The largest absolute Gasteiger partial charge is 0.481 e. The average molecular weight is 465 g/mol. The van der Waals surface area contributed by atoms with Crippen molar-refractivity contribution in [2.45, 2.75) is 38.9 Å². The summed E-state index contributed by atoms with van der Waals surface area (Å²) in [4.78, 5) is 43.4. The van der Waals surface area contributed by atoms with E-state index in [1.165, 1.54) is 0 Å². The summed E-state index contributed by atoms with van der Waals surface area (Å²) in [7, 11) is 0. The zero-order chi connectivity index (χ0) is 23.6. The summed E-state index contributed by atoms with van der Waals surface area (Å²) in [5.74, 6) is -2.41. The number of carbonyl (C=O) groups is 4. The van der Waals surface area contributed by atoms with Gasteiger partial charge in [0, 0.05) is 0 Å². The molecule has 0 aliphatic heterocycles. The summed E-state index contributed by atoms with van der Waals surface area (Å²) in [5.41, 5.74) is 1.80. The van der Waals surface area contributed by atoms with Crippen molar-refractivity contribution in [3.05, 3.63) is 71.8 Å². The average Bonchev–Trinajstić information content (AvgIpc) is 2.80. The molecule has 0 radical (unpaired) electrons. The Kier molecular flexibility index (Phi) is 13.6. The number of ether oxygens (including phenoxy) is 3. The smallest absolute Gasteiger partial charge is 0.307 e. The van der Waals surface area contributed by atoms with Crippen LogP contribution in [0.1, 0.15) is 36.8 Å². The van der Waals surface area contributed by atoms with Gasteiger partial charge in [0.25, 0.3) is 0 Å². The van der Waals surface area contributed by atoms with Gasteiger partial charge in [0.15, 0.2) is 6.07 Å². The summed E-state index contributed by atoms with van der Waals surface area (Å²) in [5, 5.41) is 8.34. The summed E-state index contributed by atoms with van der Waals surface area (Å²) < 4.78 is 14.3. The molecule has 8 nitrogen and oxygen atoms in total. The molecule has 0 atom stereocenters. The molecule has 0 fully saturated rings. The number of carbonyl (C=O) groups excluding carboxylic acids is 3. The Hall–Kier alpha value is -3.39. The molecule has 0 bridgehead atoms. The Labute approximate surface area is 191 Å². The van der Waals surface area contributed by atoms with Crippen LogP contribution >= 0.6 is 11.6 Å². The van der Waals surface area contributed by atoms with Crippen LogP contribution in [-0.4, -0.2) is 35.0 Å². The molecular weight excluding hydrogens is 440 g/mol. The van der Waals surface area contributed by atoms with Crippen LogP contribution in [-0.2, 0) is 46.6 Å². The Balaban J connectivity index is 0.000000323. The molecule has 2 aromatic rings. The van der Waals surface area contributed by atoms with Crippen molar-refractivity contribution in [3.63, 3.8) is 0 Å². The molecule has 0 amide bonds. The number of hydrogen-bond acceptors (Lipinski definition) is 7. The number of alkyl halides is 1. The lowest BCUT2D eigenvalue weighted by Gasteiger charge is -2.04. The molecule has 32 heavy (non-hydrogen) atoms. The van der Waals surface area contributed by atoms with Gasteiger partial charge in [-0.15, -0.1) is 0 Å². The topological polar surface area (TPSA) is 116 Å². The minimum absolute atomic E-state index is 0.00254. The highest BCUT2D eigenvalue weighted by Gasteiger charge is 2.09. The van der Waals surface area contributed by atoms with E-state index in [9.17, 15) is 19.2 Å². The molecule has 0 aliphatic carbocycles. The fraction of sp³-hybridized carbons (Fsp3) is 0.304. The van der Waals surface area contributed by atoms with Gasteiger partial charge in [-0.2, -0.15) is 0 Å². The quantitative estimate of drug-likeness (QED) is 0.303. The van der Waals surface area contributed by atoms with Crippen LogP contribution in [0.2, 0.25) is 0 Å². The van der Waals surface area contributed by atoms with Gasteiger partial charge >= 0.3 is 23.9 Å². The van der Waals surface area contributed by atoms with Crippen LogP contribution in [0, 0.1) is 0 Å². The zero-order valence-corrected chi connectivity index (χ0v) is 18.2. The highest BCUT2D eigenvalue weighted by atomic mass is 35.5. The maximum absolute atomic E-state index is 11.3. The SMILES string of the molecule is O=C(CCC(=O)OCc1ccccc1)OCCl.O=C(O)CCC(=O)OCc1ccccc1. The third kappa shape index (κ3) is 13.8. The first-order valence-electron chi connectivity index (χ1n) is 9.73. The van der Waals surface area contributed by atoms with Gasteiger partial charge in [-0.3, -0.25) is 19.2 Å². The Morgan fingerprint density at radius 2 is 1.00 bits per heavy atom. The molecular formula is C23H25ClO8. The van der Waals surface area contributed by atoms with Crippen molar-refractivity contribution in [2.75, 3.05) is 6.07 Å². The number of halogens is 1. The minimum Gasteiger partial charge on any atom is -0.481 e. The van der Waals surface area contributed by atoms with Crippen molar-refractivity contribution in [1.29, 1.82) is 0 Å². The molecule has 0 unspecified atom stereocenters. The second kappa shape index (κ2) is 16.3. The van der Waals surface area contributed by atoms with Gasteiger partial charge < -0.3 is 19.3 Å². The van der Waals surface area contributed by atoms with Gasteiger partial charge in [-0.05, 0) is 11.1 Å². The number of benzene rings is 2. The lowest BCUT2D eigenvalue weighted by atomic mass is 10.2. The van der Waals surface area contributed by atoms with Gasteiger partial charge in [0.05, 0.1) is 25.7 Å². The fourth-order valence-corrected chi connectivity index (χ4v) is 2.29. The third-order valence-corrected chi connectivity index (χ3v) is 3.89. The molecule has 2 rings (SSSR count). The Morgan fingerprint density at radius 3 is 1.38 bits per heavy atom. The Bertz CT molecular complexity index is 840. The molecule has 9 heteroatoms. The molecule has 0 saturated heterocycles. The number of esters is 3. The van der Waals surface area contributed by atoms with Gasteiger partial charge in [0.2, 0.25) is 0 Å². The summed E-state index contributed by atoms with van der Waals surface area (Å²) >= 11 is 5.19. The molecule has 0 saturated carbocycles. The number of rotatable bonds is 11. The normalized spacial score (nSPS) is 9.66. The standard InChI is InChI=1S/C12H13ClO4.C11H12O4/c13-9-17-12(15)7-6-11(14)16-8-10-4-2-1-3-5-10;12-10(13)6-7-11(14)15-8-9-4-2-1-3-5-9/h1-5H,6-9H2;1-5H,6-8H2,(H,12,13). The van der Waals surface area contributed by atoms with Gasteiger partial charge in [-0.25, -0.2) is 0 Å². The van der Waals surface area contributed by atoms with E-state index in [-0.39, 0.29) is 45.0 Å². The van der Waals surface area contributed by atoms with Crippen molar-refractivity contribution in [1.82, 2.24) is 0 Å². The predicted octanol–water partition coefficient (Wildman–Crippen LogP) is 3.84. The number of carboxylic acids is 1. The van der Waals surface area contributed by atoms with Crippen molar-refractivity contribution < 1.29 is 38.5 Å². The summed E-state index contributed by atoms with van der Waals surface area (Å²) in [6.45, 7) is 0.406. The van der Waals surface area contributed by atoms with E-state index < -0.39 is 23.9 Å². The van der Waals surface area contributed by atoms with Crippen molar-refractivity contribution in [2.24, 2.45) is 0 Å². The first-order chi connectivity index (χ1) is 15.4. The van der Waals surface area contributed by atoms with Gasteiger partial charge in [0.1, 0.15) is 13.2 Å². The monoisotopic (exact) mass is 464 g/mol. The van der Waals surface area contributed by atoms with E-state index in [2.05, 4.69) is 4.74 Å². The van der Waals surface area contributed by atoms with Crippen LogP contribution in [0.3, 0.4) is 0 Å². The van der Waals surface area contributed by atoms with Crippen LogP contribution in [0.25, 0.3) is 0 Å². The van der Waals surface area contributed by atoms with Crippen LogP contribution in [0.4, 0.5) is 0 Å². The van der Waals surface area contributed by atoms with Gasteiger partial charge in [-0.1, -0.05) is 72.3 Å². The highest BCUT2D eigenvalue weighted by Crippen LogP contribution is 2.04. The first-order valence-corrected chi connectivity index (χ1v) is 10.3. The first kappa shape index (κ1) is 26.6. The maximum Gasteiger partial charge on any atom is 0.307 e. The number of carboxylic acid groups (broad SMARTS) is 1. The lowest BCUT2D eigenvalue weighted by Crippen LogP contribution is -2.09. The Morgan fingerprint density at radius 1 is 0.625 bits per heavy atom. The molecule has 2 aromatic carbocycles. The van der Waals surface area contributed by atoms with Crippen molar-refractivity contribution >= 4 is 35.5 Å². The van der Waals surface area contributed by atoms with E-state index in [0.29, 0.717) is 0 Å². The van der Waals surface area contributed by atoms with Crippen molar-refractivity contribution in [3.8, 4) is 0 Å². The molecule has 0 spiro atoms. The summed E-state index contributed by atoms with van der Waals surface area (Å²) in [6, 6.07) is 18.4. The molecule has 1 N–H and O–H groups in total. The highest BCUT2D eigenvalue weighted by molar-refractivity contribution is 6.17. The third-order valence-electron chi connectivity index (χ3n) is 3.78. The molecule has 0 aliphatic rings. The van der Waals surface area contributed by atoms with E-state index >= 15 is 0 Å². The van der Waals surface area contributed by atoms with E-state index in [1.807, 2.05) is 60.7 Å².